The quantitative estimate of drug-likeness (QED) is 0.710. The molecule has 1 rings (SSSR count). The van der Waals surface area contributed by atoms with Gasteiger partial charge in [-0.1, -0.05) is 6.07 Å². The summed E-state index contributed by atoms with van der Waals surface area (Å²) in [6.07, 6.45) is 0.185. The van der Waals surface area contributed by atoms with Crippen molar-refractivity contribution in [1.82, 2.24) is 5.32 Å². The van der Waals surface area contributed by atoms with E-state index >= 15 is 0 Å². The van der Waals surface area contributed by atoms with Crippen molar-refractivity contribution in [1.29, 1.82) is 0 Å². The van der Waals surface area contributed by atoms with E-state index in [0.717, 1.165) is 5.56 Å². The fourth-order valence-corrected chi connectivity index (χ4v) is 1.73. The highest BCUT2D eigenvalue weighted by Crippen LogP contribution is 2.24. The Morgan fingerprint density at radius 3 is 2.62 bits per heavy atom. The molecule has 1 unspecified atom stereocenters. The van der Waals surface area contributed by atoms with Crippen LogP contribution in [0.5, 0.6) is 5.75 Å². The number of aliphatic carboxylic acids is 1. The summed E-state index contributed by atoms with van der Waals surface area (Å²) in [5.74, 6) is -0.613. The highest BCUT2D eigenvalue weighted by molar-refractivity contribution is 5.93. The Morgan fingerprint density at radius 2 is 2.05 bits per heavy atom. The van der Waals surface area contributed by atoms with Gasteiger partial charge in [0.15, 0.2) is 0 Å². The van der Waals surface area contributed by atoms with E-state index in [1.54, 1.807) is 12.1 Å². The molecule has 7 heteroatoms. The summed E-state index contributed by atoms with van der Waals surface area (Å²) < 4.78 is 9.96. The number of ether oxygens (including phenoxy) is 2. The van der Waals surface area contributed by atoms with Crippen LogP contribution in [0.4, 0.5) is 10.5 Å². The van der Waals surface area contributed by atoms with Crippen molar-refractivity contribution in [2.45, 2.75) is 19.4 Å². The number of carboxylic acid groups (broad SMARTS) is 1. The lowest BCUT2D eigenvalue weighted by Gasteiger charge is -2.16. The zero-order valence-electron chi connectivity index (χ0n) is 12.3. The third kappa shape index (κ3) is 5.31. The Labute approximate surface area is 123 Å². The fourth-order valence-electron chi connectivity index (χ4n) is 1.73. The van der Waals surface area contributed by atoms with Crippen LogP contribution < -0.4 is 15.4 Å². The van der Waals surface area contributed by atoms with Crippen LogP contribution >= 0.6 is 0 Å². The van der Waals surface area contributed by atoms with Crippen LogP contribution in [0.3, 0.4) is 0 Å². The van der Waals surface area contributed by atoms with Crippen LogP contribution in [0.1, 0.15) is 12.0 Å². The molecule has 0 fully saturated rings. The molecule has 1 aromatic rings. The molecule has 0 radical (unpaired) electrons. The van der Waals surface area contributed by atoms with Crippen LogP contribution in [-0.4, -0.2) is 44.0 Å². The number of rotatable bonds is 7. The van der Waals surface area contributed by atoms with Crippen molar-refractivity contribution in [2.75, 3.05) is 26.1 Å². The second-order valence-corrected chi connectivity index (χ2v) is 4.47. The second-order valence-electron chi connectivity index (χ2n) is 4.47. The number of anilines is 1. The molecule has 0 aliphatic rings. The summed E-state index contributed by atoms with van der Waals surface area (Å²) in [7, 11) is 2.96. The largest absolute Gasteiger partial charge is 0.495 e. The van der Waals surface area contributed by atoms with E-state index in [-0.39, 0.29) is 13.0 Å². The number of hydrogen-bond acceptors (Lipinski definition) is 4. The van der Waals surface area contributed by atoms with E-state index in [1.165, 1.54) is 14.2 Å². The molecule has 0 saturated carbocycles. The molecule has 0 bridgehead atoms. The molecule has 3 N–H and O–H groups in total. The van der Waals surface area contributed by atoms with Gasteiger partial charge in [-0.25, -0.2) is 9.59 Å². The maximum absolute atomic E-state index is 11.9. The number of nitrogens with one attached hydrogen (secondary N) is 2. The van der Waals surface area contributed by atoms with E-state index in [2.05, 4.69) is 10.6 Å². The first-order valence-corrected chi connectivity index (χ1v) is 6.41. The van der Waals surface area contributed by atoms with Gasteiger partial charge in [0.2, 0.25) is 0 Å². The molecule has 0 heterocycles. The zero-order chi connectivity index (χ0) is 15.8. The van der Waals surface area contributed by atoms with E-state index < -0.39 is 18.0 Å². The highest BCUT2D eigenvalue weighted by Gasteiger charge is 2.20. The molecular formula is C14H20N2O5. The molecular weight excluding hydrogens is 276 g/mol. The minimum atomic E-state index is -1.11. The second kappa shape index (κ2) is 8.11. The number of amides is 2. The summed E-state index contributed by atoms with van der Waals surface area (Å²) >= 11 is 0. The van der Waals surface area contributed by atoms with Gasteiger partial charge < -0.3 is 25.2 Å². The minimum absolute atomic E-state index is 0.185. The first kappa shape index (κ1) is 16.8. The standard InChI is InChI=1S/C14H20N2O5/c1-9-4-5-12(21-3)11(8-9)16-14(19)15-10(13(17)18)6-7-20-2/h4-5,8,10H,6-7H2,1-3H3,(H,17,18)(H2,15,16,19). The Balaban J connectivity index is 2.71. The zero-order valence-corrected chi connectivity index (χ0v) is 12.3. The van der Waals surface area contributed by atoms with Crippen molar-refractivity contribution in [3.05, 3.63) is 23.8 Å². The van der Waals surface area contributed by atoms with Crippen molar-refractivity contribution in [2.24, 2.45) is 0 Å². The monoisotopic (exact) mass is 296 g/mol. The van der Waals surface area contributed by atoms with E-state index in [9.17, 15) is 9.59 Å². The Bertz CT molecular complexity index is 504. The normalized spacial score (nSPS) is 11.6. The summed E-state index contributed by atoms with van der Waals surface area (Å²) in [5, 5.41) is 14.0. The summed E-state index contributed by atoms with van der Waals surface area (Å²) in [4.78, 5) is 22.9. The molecule has 1 atom stereocenters. The number of hydrogen-bond donors (Lipinski definition) is 3. The van der Waals surface area contributed by atoms with Crippen molar-refractivity contribution >= 4 is 17.7 Å². The smallest absolute Gasteiger partial charge is 0.326 e. The van der Waals surface area contributed by atoms with E-state index in [1.807, 2.05) is 13.0 Å². The summed E-state index contributed by atoms with van der Waals surface area (Å²) in [6.45, 7) is 2.12. The highest BCUT2D eigenvalue weighted by atomic mass is 16.5. The maximum Gasteiger partial charge on any atom is 0.326 e. The minimum Gasteiger partial charge on any atom is -0.495 e. The third-order valence-electron chi connectivity index (χ3n) is 2.82. The van der Waals surface area contributed by atoms with Gasteiger partial charge in [0, 0.05) is 20.1 Å². The average molecular weight is 296 g/mol. The van der Waals surface area contributed by atoms with Gasteiger partial charge in [0.25, 0.3) is 0 Å². The lowest BCUT2D eigenvalue weighted by molar-refractivity contribution is -0.139. The number of carbonyl (C=O) groups is 2. The van der Waals surface area contributed by atoms with Gasteiger partial charge in [-0.05, 0) is 24.6 Å². The topological polar surface area (TPSA) is 96.9 Å². The van der Waals surface area contributed by atoms with Crippen LogP contribution in [0.25, 0.3) is 0 Å². The first-order chi connectivity index (χ1) is 9.97. The van der Waals surface area contributed by atoms with Crippen molar-refractivity contribution in [3.63, 3.8) is 0 Å². The molecule has 21 heavy (non-hydrogen) atoms. The summed E-state index contributed by atoms with van der Waals surface area (Å²) in [6, 6.07) is 3.69. The lowest BCUT2D eigenvalue weighted by atomic mass is 10.2. The number of aryl methyl sites for hydroxylation is 1. The van der Waals surface area contributed by atoms with Gasteiger partial charge in [-0.3, -0.25) is 0 Å². The van der Waals surface area contributed by atoms with Gasteiger partial charge >= 0.3 is 12.0 Å². The number of carboxylic acids is 1. The number of urea groups is 1. The van der Waals surface area contributed by atoms with Crippen molar-refractivity contribution < 1.29 is 24.2 Å². The Kier molecular flexibility index (Phi) is 6.48. The van der Waals surface area contributed by atoms with Crippen LogP contribution in [0, 0.1) is 6.92 Å². The molecule has 0 aromatic heterocycles. The number of methoxy groups -OCH3 is 2. The molecule has 1 aromatic carbocycles. The predicted molar refractivity (Wildman–Crippen MR) is 77.8 cm³/mol. The summed E-state index contributed by atoms with van der Waals surface area (Å²) in [5.41, 5.74) is 1.42. The van der Waals surface area contributed by atoms with E-state index in [4.69, 9.17) is 14.6 Å². The molecule has 0 aliphatic carbocycles. The van der Waals surface area contributed by atoms with Crippen LogP contribution in [0.15, 0.2) is 18.2 Å². The molecule has 7 nitrogen and oxygen atoms in total. The predicted octanol–water partition coefficient (Wildman–Crippen LogP) is 1.61. The molecule has 2 amide bonds. The van der Waals surface area contributed by atoms with Crippen molar-refractivity contribution in [3.8, 4) is 5.75 Å². The van der Waals surface area contributed by atoms with Gasteiger partial charge in [0.1, 0.15) is 11.8 Å². The number of carbonyl (C=O) groups excluding carboxylic acids is 1. The van der Waals surface area contributed by atoms with E-state index in [0.29, 0.717) is 11.4 Å². The maximum atomic E-state index is 11.9. The molecule has 116 valence electrons. The molecule has 0 spiro atoms. The SMILES string of the molecule is COCCC(NC(=O)Nc1cc(C)ccc1OC)C(=O)O. The van der Waals surface area contributed by atoms with Crippen LogP contribution in [0.2, 0.25) is 0 Å². The third-order valence-corrected chi connectivity index (χ3v) is 2.82. The lowest BCUT2D eigenvalue weighted by Crippen LogP contribution is -2.43. The van der Waals surface area contributed by atoms with Crippen LogP contribution in [-0.2, 0) is 9.53 Å². The molecule has 0 aliphatic heterocycles. The fraction of sp³-hybridized carbons (Fsp3) is 0.429. The van der Waals surface area contributed by atoms with Gasteiger partial charge in [-0.2, -0.15) is 0 Å². The number of benzene rings is 1. The first-order valence-electron chi connectivity index (χ1n) is 6.41. The molecule has 0 saturated heterocycles. The van der Waals surface area contributed by atoms with Gasteiger partial charge in [-0.15, -0.1) is 0 Å². The Hall–Kier alpha value is -2.28. The van der Waals surface area contributed by atoms with Gasteiger partial charge in [0.05, 0.1) is 12.8 Å². The Morgan fingerprint density at radius 1 is 1.33 bits per heavy atom. The average Bonchev–Trinajstić information content (AvgIpc) is 2.43.